The van der Waals surface area contributed by atoms with Crippen LogP contribution in [0.4, 0.5) is 0 Å². The van der Waals surface area contributed by atoms with E-state index in [9.17, 15) is 0 Å². The second-order valence-electron chi connectivity index (χ2n) is 3.39. The van der Waals surface area contributed by atoms with Gasteiger partial charge in [-0.25, -0.2) is 0 Å². The van der Waals surface area contributed by atoms with Crippen molar-refractivity contribution >= 4 is 0 Å². The summed E-state index contributed by atoms with van der Waals surface area (Å²) in [6, 6.07) is 0. The van der Waals surface area contributed by atoms with Gasteiger partial charge in [0.15, 0.2) is 0 Å². The Morgan fingerprint density at radius 2 is 1.93 bits per heavy atom. The molecule has 0 aromatic heterocycles. The Morgan fingerprint density at radius 1 is 1.21 bits per heavy atom. The first-order valence-electron chi connectivity index (χ1n) is 4.62. The van der Waals surface area contributed by atoms with Crippen molar-refractivity contribution in [3.05, 3.63) is 36.0 Å². The van der Waals surface area contributed by atoms with Crippen LogP contribution in [0.25, 0.3) is 0 Å². The van der Waals surface area contributed by atoms with Crippen LogP contribution in [0.1, 0.15) is 12.8 Å². The molecule has 0 N–H and O–H groups in total. The van der Waals surface area contributed by atoms with Crippen LogP contribution in [0, 0.1) is 6.42 Å². The third-order valence-corrected chi connectivity index (χ3v) is 2.39. The van der Waals surface area contributed by atoms with Crippen molar-refractivity contribution in [3.63, 3.8) is 0 Å². The summed E-state index contributed by atoms with van der Waals surface area (Å²) in [5, 5.41) is 0. The molecule has 3 heteroatoms. The molecule has 0 atom stereocenters. The second-order valence-corrected chi connectivity index (χ2v) is 3.39. The molecule has 0 amide bonds. The number of halogens is 1. The third-order valence-electron chi connectivity index (χ3n) is 2.39. The quantitative estimate of drug-likeness (QED) is 0.348. The fourth-order valence-corrected chi connectivity index (χ4v) is 1.73. The maximum Gasteiger partial charge on any atom is 0.0202 e. The van der Waals surface area contributed by atoms with E-state index in [0.717, 1.165) is 6.54 Å². The summed E-state index contributed by atoms with van der Waals surface area (Å²) in [4.78, 5) is 2.51. The first-order chi connectivity index (χ1) is 5.95. The van der Waals surface area contributed by atoms with Gasteiger partial charge >= 0.3 is 0 Å². The van der Waals surface area contributed by atoms with Crippen LogP contribution in [0.15, 0.2) is 29.5 Å². The molecule has 0 aromatic carbocycles. The molecule has 1 aliphatic heterocycles. The van der Waals surface area contributed by atoms with Gasteiger partial charge in [0.1, 0.15) is 0 Å². The van der Waals surface area contributed by atoms with Gasteiger partial charge in [-0.1, -0.05) is 6.08 Å². The van der Waals surface area contributed by atoms with Crippen LogP contribution in [0.2, 0.25) is 0 Å². The van der Waals surface area contributed by atoms with Gasteiger partial charge < -0.3 is 24.0 Å². The average Bonchev–Trinajstić information content (AvgIpc) is 2.59. The molecule has 0 aromatic rings. The maximum absolute atomic E-state index is 3.04. The number of allylic oxidation sites excluding steroid dienone is 2. The van der Waals surface area contributed by atoms with Crippen LogP contribution in [0.3, 0.4) is 0 Å². The van der Waals surface area contributed by atoms with Crippen molar-refractivity contribution in [2.24, 2.45) is 0 Å². The molecular weight excluding hydrogens is 338 g/mol. The summed E-state index contributed by atoms with van der Waals surface area (Å²) in [5.74, 6) is 0. The number of rotatable bonds is 2. The van der Waals surface area contributed by atoms with E-state index in [0.29, 0.717) is 0 Å². The molecule has 0 unspecified atom stereocenters. The molecule has 1 heterocycles. The van der Waals surface area contributed by atoms with E-state index in [1.807, 2.05) is 12.2 Å². The first-order valence-corrected chi connectivity index (χ1v) is 4.62. The minimum absolute atomic E-state index is 0. The molecule has 2 rings (SSSR count). The van der Waals surface area contributed by atoms with Crippen molar-refractivity contribution in [2.75, 3.05) is 19.6 Å². The fraction of sp³-hybridized carbons (Fsp3) is 0.455. The van der Waals surface area contributed by atoms with Gasteiger partial charge in [-0.3, -0.25) is 4.90 Å². The molecule has 73 valence electrons. The van der Waals surface area contributed by atoms with Gasteiger partial charge in [0.2, 0.25) is 0 Å². The summed E-state index contributed by atoms with van der Waals surface area (Å²) in [6.07, 6.45) is 11.0. The Labute approximate surface area is 116 Å². The van der Waals surface area contributed by atoms with Crippen molar-refractivity contribution < 1.29 is 43.5 Å². The second kappa shape index (κ2) is 7.81. The maximum atomic E-state index is 3.04. The normalized spacial score (nSPS) is 19.9. The molecule has 0 saturated carbocycles. The van der Waals surface area contributed by atoms with Gasteiger partial charge in [0, 0.05) is 32.4 Å². The number of hydrogen-bond donors (Lipinski definition) is 0. The van der Waals surface area contributed by atoms with E-state index >= 15 is 0 Å². The van der Waals surface area contributed by atoms with Gasteiger partial charge in [-0.2, -0.15) is 0 Å². The predicted octanol–water partition coefficient (Wildman–Crippen LogP) is -1.06. The zero-order chi connectivity index (χ0) is 8.23. The molecular formula is C11H14INZn-. The van der Waals surface area contributed by atoms with E-state index in [4.69, 9.17) is 0 Å². The Hall–Kier alpha value is 0.573. The van der Waals surface area contributed by atoms with Gasteiger partial charge in [0.25, 0.3) is 0 Å². The van der Waals surface area contributed by atoms with Crippen LogP contribution in [0.5, 0.6) is 0 Å². The zero-order valence-electron chi connectivity index (χ0n) is 8.38. The Kier molecular flexibility index (Phi) is 8.13. The molecule has 0 spiro atoms. The standard InChI is InChI=1S/C11H14N.HI.Zn/c1-2-6-11(7-3-1)10-12-8-4-5-9-12;;/h2-3,6-7H,4-5,8-10H2;1H;/p-1. The van der Waals surface area contributed by atoms with E-state index in [1.54, 1.807) is 0 Å². The van der Waals surface area contributed by atoms with Crippen molar-refractivity contribution in [1.82, 2.24) is 4.90 Å². The number of likely N-dealkylation sites (tertiary alicyclic amines) is 1. The smallest absolute Gasteiger partial charge is 0.0202 e. The Morgan fingerprint density at radius 3 is 2.50 bits per heavy atom. The van der Waals surface area contributed by atoms with Gasteiger partial charge in [-0.05, 0) is 43.7 Å². The average molecular weight is 353 g/mol. The largest absolute Gasteiger partial charge is 1.00 e. The molecule has 1 saturated heterocycles. The monoisotopic (exact) mass is 351 g/mol. The molecule has 14 heavy (non-hydrogen) atoms. The van der Waals surface area contributed by atoms with E-state index in [1.165, 1.54) is 31.5 Å². The summed E-state index contributed by atoms with van der Waals surface area (Å²) >= 11 is 0. The van der Waals surface area contributed by atoms with E-state index in [-0.39, 0.29) is 43.5 Å². The Bertz CT molecular complexity index is 248. The van der Waals surface area contributed by atoms with Gasteiger partial charge in [0.05, 0.1) is 0 Å². The third kappa shape index (κ3) is 4.40. The van der Waals surface area contributed by atoms with Crippen molar-refractivity contribution in [3.8, 4) is 0 Å². The van der Waals surface area contributed by atoms with E-state index in [2.05, 4.69) is 23.1 Å². The summed E-state index contributed by atoms with van der Waals surface area (Å²) in [6.45, 7) is 3.67. The number of nitrogens with zero attached hydrogens (tertiary/aromatic N) is 1. The summed E-state index contributed by atoms with van der Waals surface area (Å²) < 4.78 is 0. The zero-order valence-corrected chi connectivity index (χ0v) is 13.5. The predicted molar refractivity (Wildman–Crippen MR) is 50.7 cm³/mol. The minimum Gasteiger partial charge on any atom is -1.00 e. The van der Waals surface area contributed by atoms with Crippen LogP contribution in [-0.4, -0.2) is 24.5 Å². The molecule has 1 radical (unpaired) electrons. The Balaban J connectivity index is 0.000000845. The topological polar surface area (TPSA) is 3.24 Å². The fourth-order valence-electron chi connectivity index (χ4n) is 1.73. The SMILES string of the molecule is C1=C[CH]C(CN2CCCC2)=CC=1.[I-].[Zn]. The summed E-state index contributed by atoms with van der Waals surface area (Å²) in [7, 11) is 0. The molecule has 1 aliphatic carbocycles. The van der Waals surface area contributed by atoms with Crippen LogP contribution < -0.4 is 24.0 Å². The van der Waals surface area contributed by atoms with Gasteiger partial charge in [-0.15, -0.1) is 5.73 Å². The van der Waals surface area contributed by atoms with Crippen molar-refractivity contribution in [1.29, 1.82) is 0 Å². The summed E-state index contributed by atoms with van der Waals surface area (Å²) in [5.41, 5.74) is 4.45. The molecule has 2 aliphatic rings. The minimum atomic E-state index is 0. The molecule has 0 bridgehead atoms. The number of hydrogen-bond acceptors (Lipinski definition) is 1. The first kappa shape index (κ1) is 14.6. The van der Waals surface area contributed by atoms with E-state index < -0.39 is 0 Å². The van der Waals surface area contributed by atoms with Crippen LogP contribution >= 0.6 is 0 Å². The molecule has 1 nitrogen and oxygen atoms in total. The van der Waals surface area contributed by atoms with Crippen LogP contribution in [-0.2, 0) is 19.5 Å². The molecule has 1 fully saturated rings. The van der Waals surface area contributed by atoms with Crippen molar-refractivity contribution in [2.45, 2.75) is 12.8 Å².